The number of hydrogen-bond acceptors (Lipinski definition) is 7. The van der Waals surface area contributed by atoms with Gasteiger partial charge in [0, 0.05) is 23.8 Å². The Morgan fingerprint density at radius 1 is 1.20 bits per heavy atom. The lowest BCUT2D eigenvalue weighted by atomic mass is 9.83. The minimum atomic E-state index is -0.594. The van der Waals surface area contributed by atoms with E-state index in [1.165, 1.54) is 12.1 Å². The third-order valence-corrected chi connectivity index (χ3v) is 4.12. The van der Waals surface area contributed by atoms with Gasteiger partial charge in [0.2, 0.25) is 12.7 Å². The van der Waals surface area contributed by atoms with Crippen molar-refractivity contribution in [3.05, 3.63) is 69.1 Å². The van der Waals surface area contributed by atoms with Crippen molar-refractivity contribution < 1.29 is 19.1 Å². The molecule has 25 heavy (non-hydrogen) atoms. The van der Waals surface area contributed by atoms with Crippen molar-refractivity contribution in [2.24, 2.45) is 5.73 Å². The summed E-state index contributed by atoms with van der Waals surface area (Å²) in [5.41, 5.74) is 7.23. The highest BCUT2D eigenvalue weighted by Crippen LogP contribution is 2.48. The fourth-order valence-corrected chi connectivity index (χ4v) is 3.01. The Morgan fingerprint density at radius 3 is 2.68 bits per heavy atom. The molecule has 0 unspecified atom stereocenters. The maximum absolute atomic E-state index is 11.1. The molecule has 0 saturated heterocycles. The van der Waals surface area contributed by atoms with Crippen molar-refractivity contribution in [2.45, 2.75) is 5.92 Å². The van der Waals surface area contributed by atoms with Gasteiger partial charge in [-0.1, -0.05) is 12.1 Å². The van der Waals surface area contributed by atoms with Gasteiger partial charge in [-0.05, 0) is 11.6 Å². The molecule has 8 nitrogen and oxygen atoms in total. The van der Waals surface area contributed by atoms with E-state index in [2.05, 4.69) is 0 Å². The molecule has 0 aliphatic carbocycles. The predicted molar refractivity (Wildman–Crippen MR) is 85.0 cm³/mol. The van der Waals surface area contributed by atoms with Crippen LogP contribution < -0.4 is 19.9 Å². The van der Waals surface area contributed by atoms with Crippen LogP contribution in [-0.2, 0) is 0 Å². The molecular weight excluding hydrogens is 326 g/mol. The average molecular weight is 337 g/mol. The van der Waals surface area contributed by atoms with Crippen LogP contribution in [-0.4, -0.2) is 11.7 Å². The Hall–Kier alpha value is -3.73. The van der Waals surface area contributed by atoms with Gasteiger partial charge in [0.25, 0.3) is 5.69 Å². The van der Waals surface area contributed by atoms with Crippen LogP contribution in [0, 0.1) is 21.4 Å². The fraction of sp³-hybridized carbons (Fsp3) is 0.118. The van der Waals surface area contributed by atoms with E-state index >= 15 is 0 Å². The van der Waals surface area contributed by atoms with Gasteiger partial charge in [0.15, 0.2) is 11.5 Å². The number of nitrogens with two attached hydrogens (primary N) is 1. The molecule has 0 bridgehead atoms. The van der Waals surface area contributed by atoms with E-state index in [1.54, 1.807) is 24.3 Å². The van der Waals surface area contributed by atoms with E-state index in [1.807, 2.05) is 6.07 Å². The van der Waals surface area contributed by atoms with Crippen molar-refractivity contribution in [1.82, 2.24) is 0 Å². The molecular formula is C17H11N3O5. The molecule has 1 atom stereocenters. The zero-order chi connectivity index (χ0) is 17.6. The van der Waals surface area contributed by atoms with Gasteiger partial charge in [-0.2, -0.15) is 5.26 Å². The maximum atomic E-state index is 11.1. The molecule has 124 valence electrons. The first kappa shape index (κ1) is 14.8. The van der Waals surface area contributed by atoms with Crippen LogP contribution in [0.5, 0.6) is 17.2 Å². The van der Waals surface area contributed by atoms with Crippen LogP contribution in [0.1, 0.15) is 17.0 Å². The summed E-state index contributed by atoms with van der Waals surface area (Å²) in [6.45, 7) is 0.0910. The number of ether oxygens (including phenoxy) is 3. The number of hydrogen-bond donors (Lipinski definition) is 1. The smallest absolute Gasteiger partial charge is 0.269 e. The molecule has 4 rings (SSSR count). The number of nitro benzene ring substituents is 1. The molecule has 0 aromatic heterocycles. The number of nitriles is 1. The highest BCUT2D eigenvalue weighted by Gasteiger charge is 2.33. The Kier molecular flexibility index (Phi) is 3.22. The number of benzene rings is 2. The summed E-state index contributed by atoms with van der Waals surface area (Å²) in [5.74, 6) is 0.839. The topological polar surface area (TPSA) is 121 Å². The highest BCUT2D eigenvalue weighted by molar-refractivity contribution is 5.62. The zero-order valence-corrected chi connectivity index (χ0v) is 12.8. The van der Waals surface area contributed by atoms with Crippen LogP contribution in [0.4, 0.5) is 5.69 Å². The molecule has 2 aromatic rings. The van der Waals surface area contributed by atoms with Gasteiger partial charge < -0.3 is 19.9 Å². The van der Waals surface area contributed by atoms with Gasteiger partial charge in [-0.25, -0.2) is 0 Å². The molecule has 2 aliphatic heterocycles. The molecule has 2 heterocycles. The fourth-order valence-electron chi connectivity index (χ4n) is 3.01. The Labute approximate surface area is 141 Å². The summed E-state index contributed by atoms with van der Waals surface area (Å²) >= 11 is 0. The van der Waals surface area contributed by atoms with Crippen molar-refractivity contribution in [3.8, 4) is 23.3 Å². The monoisotopic (exact) mass is 337 g/mol. The van der Waals surface area contributed by atoms with E-state index < -0.39 is 10.8 Å². The molecule has 0 saturated carbocycles. The second-order valence-electron chi connectivity index (χ2n) is 5.52. The van der Waals surface area contributed by atoms with Gasteiger partial charge in [-0.15, -0.1) is 0 Å². The second kappa shape index (κ2) is 5.42. The summed E-state index contributed by atoms with van der Waals surface area (Å²) in [7, 11) is 0. The normalized spacial score (nSPS) is 17.5. The standard InChI is InChI=1S/C17H11N3O5/c18-7-12-16(9-2-1-3-10(4-9)20(21)22)11-5-14-15(24-8-23-14)6-13(11)25-17(12)19/h1-6,16H,8,19H2/t16-/m1/s1. The number of nitrogens with zero attached hydrogens (tertiary/aromatic N) is 2. The molecule has 2 N–H and O–H groups in total. The summed E-state index contributed by atoms with van der Waals surface area (Å²) < 4.78 is 16.3. The minimum absolute atomic E-state index is 0.0367. The van der Waals surface area contributed by atoms with Crippen molar-refractivity contribution in [3.63, 3.8) is 0 Å². The Bertz CT molecular complexity index is 977. The van der Waals surface area contributed by atoms with E-state index in [-0.39, 0.29) is 23.9 Å². The first-order chi connectivity index (χ1) is 12.1. The average Bonchev–Trinajstić information content (AvgIpc) is 3.06. The van der Waals surface area contributed by atoms with Gasteiger partial charge in [0.05, 0.1) is 10.8 Å². The summed E-state index contributed by atoms with van der Waals surface area (Å²) in [4.78, 5) is 10.6. The lowest BCUT2D eigenvalue weighted by molar-refractivity contribution is -0.384. The molecule has 2 aliphatic rings. The molecule has 0 radical (unpaired) electrons. The van der Waals surface area contributed by atoms with Crippen LogP contribution in [0.3, 0.4) is 0 Å². The Morgan fingerprint density at radius 2 is 1.96 bits per heavy atom. The predicted octanol–water partition coefficient (Wildman–Crippen LogP) is 2.54. The van der Waals surface area contributed by atoms with Crippen molar-refractivity contribution in [2.75, 3.05) is 6.79 Å². The Balaban J connectivity index is 1.93. The third kappa shape index (κ3) is 2.30. The molecule has 0 amide bonds. The largest absolute Gasteiger partial charge is 0.454 e. The van der Waals surface area contributed by atoms with Crippen molar-refractivity contribution >= 4 is 5.69 Å². The first-order valence-corrected chi connectivity index (χ1v) is 7.34. The van der Waals surface area contributed by atoms with Gasteiger partial charge in [0.1, 0.15) is 17.4 Å². The zero-order valence-electron chi connectivity index (χ0n) is 12.8. The second-order valence-corrected chi connectivity index (χ2v) is 5.52. The summed E-state index contributed by atoms with van der Waals surface area (Å²) in [6, 6.07) is 11.5. The van der Waals surface area contributed by atoms with Crippen LogP contribution in [0.15, 0.2) is 47.9 Å². The summed E-state index contributed by atoms with van der Waals surface area (Å²) in [5, 5.41) is 20.6. The number of fused-ring (bicyclic) bond motifs is 2. The van der Waals surface area contributed by atoms with Crippen LogP contribution >= 0.6 is 0 Å². The number of allylic oxidation sites excluding steroid dienone is 1. The minimum Gasteiger partial charge on any atom is -0.454 e. The first-order valence-electron chi connectivity index (χ1n) is 7.34. The van der Waals surface area contributed by atoms with Crippen LogP contribution in [0.2, 0.25) is 0 Å². The van der Waals surface area contributed by atoms with Crippen LogP contribution in [0.25, 0.3) is 0 Å². The lowest BCUT2D eigenvalue weighted by Gasteiger charge is -2.26. The van der Waals surface area contributed by atoms with E-state index in [9.17, 15) is 15.4 Å². The highest BCUT2D eigenvalue weighted by atomic mass is 16.7. The number of non-ortho nitro benzene ring substituents is 1. The maximum Gasteiger partial charge on any atom is 0.269 e. The number of rotatable bonds is 2. The van der Waals surface area contributed by atoms with E-state index in [0.29, 0.717) is 28.4 Å². The lowest BCUT2D eigenvalue weighted by Crippen LogP contribution is -2.21. The molecule has 8 heteroatoms. The van der Waals surface area contributed by atoms with Gasteiger partial charge >= 0.3 is 0 Å². The van der Waals surface area contributed by atoms with E-state index in [0.717, 1.165) is 0 Å². The molecule has 0 spiro atoms. The van der Waals surface area contributed by atoms with E-state index in [4.69, 9.17) is 19.9 Å². The molecule has 2 aromatic carbocycles. The van der Waals surface area contributed by atoms with Gasteiger partial charge in [-0.3, -0.25) is 10.1 Å². The quantitative estimate of drug-likeness (QED) is 0.660. The SMILES string of the molecule is N#CC1=C(N)Oc2cc3c(cc2[C@H]1c1cccc([N+](=O)[O-])c1)OCO3. The summed E-state index contributed by atoms with van der Waals surface area (Å²) in [6.07, 6.45) is 0. The molecule has 0 fully saturated rings. The van der Waals surface area contributed by atoms with Crippen molar-refractivity contribution in [1.29, 1.82) is 5.26 Å². The number of nitro groups is 1. The third-order valence-electron chi connectivity index (χ3n) is 4.12.